The number of benzene rings is 1. The predicted molar refractivity (Wildman–Crippen MR) is 116 cm³/mol. The third-order valence-electron chi connectivity index (χ3n) is 5.91. The van der Waals surface area contributed by atoms with Crippen LogP contribution in [0.1, 0.15) is 52.4 Å². The number of piperidine rings is 1. The molecule has 1 aromatic carbocycles. The average Bonchev–Trinajstić information content (AvgIpc) is 3.23. The van der Waals surface area contributed by atoms with Gasteiger partial charge in [0.2, 0.25) is 5.91 Å². The van der Waals surface area contributed by atoms with Crippen LogP contribution in [0.15, 0.2) is 29.2 Å². The number of thioether (sulfide) groups is 1. The van der Waals surface area contributed by atoms with Crippen LogP contribution in [0.25, 0.3) is 0 Å². The summed E-state index contributed by atoms with van der Waals surface area (Å²) in [5.74, 6) is 0.0692. The van der Waals surface area contributed by atoms with Crippen molar-refractivity contribution in [3.05, 3.63) is 24.3 Å². The van der Waals surface area contributed by atoms with Crippen molar-refractivity contribution in [1.82, 2.24) is 9.80 Å². The SMILES string of the molecule is CCN(CC)C(=O)N1CCC(C(=O)Nc2ccccc2SC2CCCC2)CC1. The lowest BCUT2D eigenvalue weighted by atomic mass is 9.96. The monoisotopic (exact) mass is 403 g/mol. The lowest BCUT2D eigenvalue weighted by Gasteiger charge is -2.34. The Labute approximate surface area is 173 Å². The maximum absolute atomic E-state index is 12.8. The topological polar surface area (TPSA) is 52.7 Å². The largest absolute Gasteiger partial charge is 0.325 e. The van der Waals surface area contributed by atoms with E-state index in [0.717, 1.165) is 31.6 Å². The van der Waals surface area contributed by atoms with Gasteiger partial charge >= 0.3 is 6.03 Å². The number of rotatable bonds is 6. The second-order valence-electron chi connectivity index (χ2n) is 7.73. The Morgan fingerprint density at radius 2 is 1.71 bits per heavy atom. The molecule has 28 heavy (non-hydrogen) atoms. The van der Waals surface area contributed by atoms with Gasteiger partial charge < -0.3 is 15.1 Å². The highest BCUT2D eigenvalue weighted by Crippen LogP contribution is 2.38. The second kappa shape index (κ2) is 10.2. The highest BCUT2D eigenvalue weighted by molar-refractivity contribution is 8.00. The molecule has 0 unspecified atom stereocenters. The molecular formula is C22H33N3O2S. The summed E-state index contributed by atoms with van der Waals surface area (Å²) in [5.41, 5.74) is 0.936. The molecule has 0 aromatic heterocycles. The van der Waals surface area contributed by atoms with Crippen LogP contribution < -0.4 is 5.32 Å². The summed E-state index contributed by atoms with van der Waals surface area (Å²) in [6, 6.07) is 8.25. The van der Waals surface area contributed by atoms with Crippen LogP contribution in [0, 0.1) is 5.92 Å². The Morgan fingerprint density at radius 3 is 2.36 bits per heavy atom. The third-order valence-corrected chi connectivity index (χ3v) is 7.33. The van der Waals surface area contributed by atoms with E-state index in [1.54, 1.807) is 0 Å². The molecule has 0 radical (unpaired) electrons. The predicted octanol–water partition coefficient (Wildman–Crippen LogP) is 4.83. The maximum Gasteiger partial charge on any atom is 0.319 e. The fraction of sp³-hybridized carbons (Fsp3) is 0.636. The molecule has 2 fully saturated rings. The zero-order chi connectivity index (χ0) is 19.9. The normalized spacial score (nSPS) is 18.3. The number of carbonyl (C=O) groups is 2. The van der Waals surface area contributed by atoms with Crippen LogP contribution in [0.3, 0.4) is 0 Å². The van der Waals surface area contributed by atoms with Gasteiger partial charge in [0.15, 0.2) is 0 Å². The van der Waals surface area contributed by atoms with Gasteiger partial charge in [0.05, 0.1) is 5.69 Å². The van der Waals surface area contributed by atoms with Crippen LogP contribution >= 0.6 is 11.8 Å². The van der Waals surface area contributed by atoms with Gasteiger partial charge in [-0.25, -0.2) is 4.79 Å². The number of carbonyl (C=O) groups excluding carboxylic acids is 2. The van der Waals surface area contributed by atoms with E-state index in [0.29, 0.717) is 18.3 Å². The lowest BCUT2D eigenvalue weighted by molar-refractivity contribution is -0.121. The van der Waals surface area contributed by atoms with Crippen molar-refractivity contribution in [3.63, 3.8) is 0 Å². The summed E-state index contributed by atoms with van der Waals surface area (Å²) < 4.78 is 0. The van der Waals surface area contributed by atoms with Gasteiger partial charge in [-0.2, -0.15) is 0 Å². The fourth-order valence-corrected chi connectivity index (χ4v) is 5.45. The molecule has 6 heteroatoms. The molecule has 154 valence electrons. The van der Waals surface area contributed by atoms with Gasteiger partial charge in [0.25, 0.3) is 0 Å². The number of nitrogens with zero attached hydrogens (tertiary/aromatic N) is 2. The van der Waals surface area contributed by atoms with Gasteiger partial charge in [0.1, 0.15) is 0 Å². The summed E-state index contributed by atoms with van der Waals surface area (Å²) in [4.78, 5) is 30.2. The van der Waals surface area contributed by atoms with E-state index in [2.05, 4.69) is 11.4 Å². The van der Waals surface area contributed by atoms with Gasteiger partial charge in [0, 0.05) is 42.2 Å². The molecule has 1 saturated carbocycles. The molecule has 0 bridgehead atoms. The number of urea groups is 1. The van der Waals surface area contributed by atoms with Crippen molar-refractivity contribution < 1.29 is 9.59 Å². The summed E-state index contributed by atoms with van der Waals surface area (Å²) in [5, 5.41) is 3.84. The quantitative estimate of drug-likeness (QED) is 0.740. The average molecular weight is 404 g/mol. The van der Waals surface area contributed by atoms with Crippen LogP contribution in [0.5, 0.6) is 0 Å². The molecule has 3 amide bonds. The summed E-state index contributed by atoms with van der Waals surface area (Å²) in [6.45, 7) is 6.78. The molecule has 1 aliphatic carbocycles. The third kappa shape index (κ3) is 5.22. The highest BCUT2D eigenvalue weighted by Gasteiger charge is 2.29. The Bertz CT molecular complexity index is 664. The molecule has 2 aliphatic rings. The van der Waals surface area contributed by atoms with E-state index in [-0.39, 0.29) is 17.9 Å². The molecule has 1 aromatic rings. The molecule has 1 aliphatic heterocycles. The molecule has 0 atom stereocenters. The Balaban J connectivity index is 1.54. The number of amides is 3. The highest BCUT2D eigenvalue weighted by atomic mass is 32.2. The lowest BCUT2D eigenvalue weighted by Crippen LogP contribution is -2.47. The van der Waals surface area contributed by atoms with E-state index in [4.69, 9.17) is 0 Å². The first-order valence-corrected chi connectivity index (χ1v) is 11.6. The first-order chi connectivity index (χ1) is 13.6. The molecule has 1 saturated heterocycles. The van der Waals surface area contributed by atoms with E-state index < -0.39 is 0 Å². The number of anilines is 1. The summed E-state index contributed by atoms with van der Waals surface area (Å²) in [6.07, 6.45) is 6.64. The number of likely N-dealkylation sites (tertiary alicyclic amines) is 1. The standard InChI is InChI=1S/C22H33N3O2S/c1-3-24(4-2)22(27)25-15-13-17(14-16-25)21(26)23-19-11-7-8-12-20(19)28-18-9-5-6-10-18/h7-8,11-12,17-18H,3-6,9-10,13-16H2,1-2H3,(H,23,26). The van der Waals surface area contributed by atoms with Crippen molar-refractivity contribution in [2.45, 2.75) is 62.5 Å². The minimum absolute atomic E-state index is 0.0229. The molecule has 0 spiro atoms. The van der Waals surface area contributed by atoms with Crippen molar-refractivity contribution in [1.29, 1.82) is 0 Å². The van der Waals surface area contributed by atoms with Crippen molar-refractivity contribution in [2.75, 3.05) is 31.5 Å². The van der Waals surface area contributed by atoms with E-state index in [1.807, 2.05) is 53.6 Å². The smallest absolute Gasteiger partial charge is 0.319 e. The van der Waals surface area contributed by atoms with E-state index in [9.17, 15) is 9.59 Å². The minimum atomic E-state index is -0.0229. The zero-order valence-corrected chi connectivity index (χ0v) is 18.0. The Kier molecular flexibility index (Phi) is 7.65. The molecule has 1 N–H and O–H groups in total. The van der Waals surface area contributed by atoms with Crippen molar-refractivity contribution in [3.8, 4) is 0 Å². The van der Waals surface area contributed by atoms with Crippen molar-refractivity contribution >= 4 is 29.4 Å². The molecule has 5 nitrogen and oxygen atoms in total. The van der Waals surface area contributed by atoms with Crippen LogP contribution in [0.4, 0.5) is 10.5 Å². The van der Waals surface area contributed by atoms with Crippen molar-refractivity contribution in [2.24, 2.45) is 5.92 Å². The Hall–Kier alpha value is -1.69. The van der Waals surface area contributed by atoms with Crippen LogP contribution in [0.2, 0.25) is 0 Å². The number of para-hydroxylation sites is 1. The van der Waals surface area contributed by atoms with Crippen LogP contribution in [-0.4, -0.2) is 53.2 Å². The van der Waals surface area contributed by atoms with Gasteiger partial charge in [-0.3, -0.25) is 4.79 Å². The summed E-state index contributed by atoms with van der Waals surface area (Å²) >= 11 is 1.91. The molecular weight excluding hydrogens is 370 g/mol. The molecule has 3 rings (SSSR count). The first kappa shape index (κ1) is 21.0. The zero-order valence-electron chi connectivity index (χ0n) is 17.2. The Morgan fingerprint density at radius 1 is 1.07 bits per heavy atom. The second-order valence-corrected chi connectivity index (χ2v) is 9.07. The first-order valence-electron chi connectivity index (χ1n) is 10.7. The van der Waals surface area contributed by atoms with Gasteiger partial charge in [-0.1, -0.05) is 25.0 Å². The van der Waals surface area contributed by atoms with Gasteiger partial charge in [-0.15, -0.1) is 11.8 Å². The number of hydrogen-bond donors (Lipinski definition) is 1. The fourth-order valence-electron chi connectivity index (χ4n) is 4.12. The molecule has 1 heterocycles. The minimum Gasteiger partial charge on any atom is -0.325 e. The van der Waals surface area contributed by atoms with Gasteiger partial charge in [-0.05, 0) is 51.7 Å². The number of nitrogens with one attached hydrogen (secondary N) is 1. The van der Waals surface area contributed by atoms with Crippen LogP contribution in [-0.2, 0) is 4.79 Å². The van der Waals surface area contributed by atoms with E-state index in [1.165, 1.54) is 30.6 Å². The number of hydrogen-bond acceptors (Lipinski definition) is 3. The maximum atomic E-state index is 12.8. The summed E-state index contributed by atoms with van der Waals surface area (Å²) in [7, 11) is 0. The van der Waals surface area contributed by atoms with E-state index >= 15 is 0 Å².